The zero-order valence-electron chi connectivity index (χ0n) is 12.0. The van der Waals surface area contributed by atoms with E-state index in [9.17, 15) is 13.8 Å². The number of carbonyl (C=O) groups excluding carboxylic acids is 2. The van der Waals surface area contributed by atoms with Crippen LogP contribution in [0.5, 0.6) is 0 Å². The Bertz CT molecular complexity index is 577. The minimum atomic E-state index is -1.34. The lowest BCUT2D eigenvalue weighted by Gasteiger charge is -2.40. The molecule has 2 aliphatic carbocycles. The van der Waals surface area contributed by atoms with E-state index in [2.05, 4.69) is 0 Å². The van der Waals surface area contributed by atoms with Gasteiger partial charge in [-0.2, -0.15) is 0 Å². The quantitative estimate of drug-likeness (QED) is 0.789. The largest absolute Gasteiger partial charge is 0.299 e. The van der Waals surface area contributed by atoms with E-state index in [-0.39, 0.29) is 11.6 Å². The van der Waals surface area contributed by atoms with Crippen LogP contribution in [0.25, 0.3) is 0 Å². The lowest BCUT2D eigenvalue weighted by molar-refractivity contribution is -0.145. The Balaban J connectivity index is 1.89. The molecule has 0 N–H and O–H groups in total. The fraction of sp³-hybridized carbons (Fsp3) is 0.529. The van der Waals surface area contributed by atoms with E-state index in [1.807, 2.05) is 18.2 Å². The van der Waals surface area contributed by atoms with Crippen LogP contribution < -0.4 is 0 Å². The van der Waals surface area contributed by atoms with Crippen molar-refractivity contribution < 1.29 is 13.8 Å². The average Bonchev–Trinajstić information content (AvgIpc) is 2.53. The van der Waals surface area contributed by atoms with Crippen LogP contribution in [-0.4, -0.2) is 21.0 Å². The highest BCUT2D eigenvalue weighted by Gasteiger charge is 2.51. The number of Topliss-reactive ketones (excluding diaryl/α,β-unsaturated/α-hetero) is 2. The molecule has 3 atom stereocenters. The van der Waals surface area contributed by atoms with Crippen molar-refractivity contribution in [3.63, 3.8) is 0 Å². The summed E-state index contributed by atoms with van der Waals surface area (Å²) in [6, 6.07) is 9.14. The monoisotopic (exact) mass is 304 g/mol. The first kappa shape index (κ1) is 14.6. The fourth-order valence-electron chi connectivity index (χ4n) is 3.69. The van der Waals surface area contributed by atoms with Gasteiger partial charge in [0.1, 0.15) is 5.78 Å². The number of carbonyl (C=O) groups is 2. The van der Waals surface area contributed by atoms with Crippen LogP contribution in [0, 0.1) is 5.41 Å². The van der Waals surface area contributed by atoms with Gasteiger partial charge in [0.05, 0.1) is 21.5 Å². The van der Waals surface area contributed by atoms with Crippen LogP contribution in [0.15, 0.2) is 35.2 Å². The van der Waals surface area contributed by atoms with Gasteiger partial charge in [0, 0.05) is 11.3 Å². The molecule has 4 heteroatoms. The van der Waals surface area contributed by atoms with Crippen LogP contribution in [-0.2, 0) is 20.4 Å². The third-order valence-electron chi connectivity index (χ3n) is 4.86. The molecule has 1 aromatic carbocycles. The molecule has 0 amide bonds. The zero-order chi connectivity index (χ0) is 14.9. The Morgan fingerprint density at radius 3 is 2.43 bits per heavy atom. The van der Waals surface area contributed by atoms with Crippen LogP contribution in [0.1, 0.15) is 44.9 Å². The van der Waals surface area contributed by atoms with Crippen molar-refractivity contribution in [3.05, 3.63) is 30.3 Å². The van der Waals surface area contributed by atoms with Gasteiger partial charge in [0.25, 0.3) is 0 Å². The second-order valence-corrected chi connectivity index (χ2v) is 7.70. The molecule has 2 aliphatic rings. The Hall–Kier alpha value is -1.29. The molecule has 0 saturated heterocycles. The summed E-state index contributed by atoms with van der Waals surface area (Å²) in [4.78, 5) is 26.0. The lowest BCUT2D eigenvalue weighted by atomic mass is 9.63. The van der Waals surface area contributed by atoms with Gasteiger partial charge in [-0.05, 0) is 37.8 Å². The molecule has 0 heterocycles. The molecule has 2 saturated carbocycles. The van der Waals surface area contributed by atoms with Crippen molar-refractivity contribution >= 4 is 22.4 Å². The van der Waals surface area contributed by atoms with Crippen LogP contribution in [0.2, 0.25) is 0 Å². The number of hydrogen-bond donors (Lipinski definition) is 0. The van der Waals surface area contributed by atoms with E-state index < -0.39 is 21.5 Å². The SMILES string of the molecule is O=C1CCCC[C@@]12CCCC(S(=O)c1ccccc1)C2=O. The van der Waals surface area contributed by atoms with Gasteiger partial charge in [-0.25, -0.2) is 0 Å². The number of ketones is 2. The molecule has 0 aliphatic heterocycles. The van der Waals surface area contributed by atoms with Gasteiger partial charge in [0.2, 0.25) is 0 Å². The van der Waals surface area contributed by atoms with Crippen molar-refractivity contribution in [2.24, 2.45) is 5.41 Å². The molecule has 2 fully saturated rings. The Morgan fingerprint density at radius 1 is 1.00 bits per heavy atom. The summed E-state index contributed by atoms with van der Waals surface area (Å²) in [5.74, 6) is 0.0362. The van der Waals surface area contributed by atoms with Gasteiger partial charge in [0.15, 0.2) is 5.78 Å². The molecule has 3 rings (SSSR count). The molecule has 21 heavy (non-hydrogen) atoms. The summed E-state index contributed by atoms with van der Waals surface area (Å²) in [6.07, 6.45) is 5.11. The highest BCUT2D eigenvalue weighted by molar-refractivity contribution is 7.86. The van der Waals surface area contributed by atoms with Gasteiger partial charge in [-0.15, -0.1) is 0 Å². The molecule has 1 aromatic rings. The Kier molecular flexibility index (Phi) is 4.07. The van der Waals surface area contributed by atoms with E-state index in [0.717, 1.165) is 19.3 Å². The normalized spacial score (nSPS) is 31.3. The summed E-state index contributed by atoms with van der Waals surface area (Å²) >= 11 is 0. The van der Waals surface area contributed by atoms with Crippen molar-refractivity contribution in [2.45, 2.75) is 55.1 Å². The maximum Gasteiger partial charge on any atom is 0.162 e. The molecule has 3 nitrogen and oxygen atoms in total. The number of benzene rings is 1. The van der Waals surface area contributed by atoms with Gasteiger partial charge in [-0.1, -0.05) is 31.0 Å². The molecule has 0 bridgehead atoms. The van der Waals surface area contributed by atoms with Crippen molar-refractivity contribution in [3.8, 4) is 0 Å². The molecule has 1 spiro atoms. The first-order valence-corrected chi connectivity index (χ1v) is 8.90. The van der Waals surface area contributed by atoms with Crippen molar-refractivity contribution in [1.82, 2.24) is 0 Å². The molecular weight excluding hydrogens is 284 g/mol. The number of hydrogen-bond acceptors (Lipinski definition) is 3. The second-order valence-electron chi connectivity index (χ2n) is 6.07. The summed E-state index contributed by atoms with van der Waals surface area (Å²) < 4.78 is 12.7. The summed E-state index contributed by atoms with van der Waals surface area (Å²) in [7, 11) is -1.34. The summed E-state index contributed by atoms with van der Waals surface area (Å²) in [6.45, 7) is 0. The minimum Gasteiger partial charge on any atom is -0.299 e. The van der Waals surface area contributed by atoms with E-state index >= 15 is 0 Å². The standard InChI is InChI=1S/C17H20O3S/c18-15-10-4-5-11-17(15)12-6-9-14(16(17)19)21(20)13-7-2-1-3-8-13/h1-3,7-8,14H,4-6,9-12H2/t14?,17-,21?/m1/s1. The second kappa shape index (κ2) is 5.84. The molecule has 0 aromatic heterocycles. The van der Waals surface area contributed by atoms with Gasteiger partial charge in [-0.3, -0.25) is 13.8 Å². The summed E-state index contributed by atoms with van der Waals surface area (Å²) in [5.41, 5.74) is -0.814. The molecule has 2 unspecified atom stereocenters. The topological polar surface area (TPSA) is 51.2 Å². The van der Waals surface area contributed by atoms with Crippen molar-refractivity contribution in [1.29, 1.82) is 0 Å². The third kappa shape index (κ3) is 2.50. The average molecular weight is 304 g/mol. The number of rotatable bonds is 2. The van der Waals surface area contributed by atoms with Crippen LogP contribution >= 0.6 is 0 Å². The predicted octanol–water partition coefficient (Wildman–Crippen LogP) is 3.05. The smallest absolute Gasteiger partial charge is 0.162 e. The third-order valence-corrected chi connectivity index (χ3v) is 6.56. The highest BCUT2D eigenvalue weighted by atomic mass is 32.2. The molecule has 112 valence electrons. The van der Waals surface area contributed by atoms with Gasteiger partial charge < -0.3 is 0 Å². The van der Waals surface area contributed by atoms with Crippen molar-refractivity contribution in [2.75, 3.05) is 0 Å². The Labute approximate surface area is 127 Å². The van der Waals surface area contributed by atoms with E-state index in [1.165, 1.54) is 0 Å². The highest BCUT2D eigenvalue weighted by Crippen LogP contribution is 2.44. The summed E-state index contributed by atoms with van der Waals surface area (Å²) in [5, 5.41) is -0.511. The van der Waals surface area contributed by atoms with Crippen LogP contribution in [0.4, 0.5) is 0 Å². The Morgan fingerprint density at radius 2 is 1.71 bits per heavy atom. The van der Waals surface area contributed by atoms with Crippen LogP contribution in [0.3, 0.4) is 0 Å². The van der Waals surface area contributed by atoms with Gasteiger partial charge >= 0.3 is 0 Å². The van der Waals surface area contributed by atoms with E-state index in [0.29, 0.717) is 30.6 Å². The van der Waals surface area contributed by atoms with E-state index in [4.69, 9.17) is 0 Å². The van der Waals surface area contributed by atoms with E-state index in [1.54, 1.807) is 12.1 Å². The fourth-order valence-corrected chi connectivity index (χ4v) is 5.25. The minimum absolute atomic E-state index is 0.0550. The maximum atomic E-state index is 12.9. The molecular formula is C17H20O3S. The molecule has 0 radical (unpaired) electrons. The lowest BCUT2D eigenvalue weighted by Crippen LogP contribution is -2.50. The predicted molar refractivity (Wildman–Crippen MR) is 81.4 cm³/mol. The zero-order valence-corrected chi connectivity index (χ0v) is 12.9. The first-order chi connectivity index (χ1) is 10.1. The maximum absolute atomic E-state index is 12.9. The first-order valence-electron chi connectivity index (χ1n) is 7.68.